The number of hydrogen-bond donors (Lipinski definition) is 1. The summed E-state index contributed by atoms with van der Waals surface area (Å²) in [5.74, 6) is 0.397. The van der Waals surface area contributed by atoms with Gasteiger partial charge < -0.3 is 9.90 Å². The Balaban J connectivity index is 2.23. The van der Waals surface area contributed by atoms with Crippen molar-refractivity contribution >= 4 is 6.29 Å². The lowest BCUT2D eigenvalue weighted by atomic mass is 9.84. The molecule has 1 aliphatic carbocycles. The van der Waals surface area contributed by atoms with Crippen LogP contribution in [0.3, 0.4) is 0 Å². The van der Waals surface area contributed by atoms with E-state index in [9.17, 15) is 9.90 Å². The molecule has 2 heteroatoms. The Bertz CT molecular complexity index is 123. The summed E-state index contributed by atoms with van der Waals surface area (Å²) in [7, 11) is 0. The number of aldehydes is 1. The van der Waals surface area contributed by atoms with Crippen molar-refractivity contribution in [1.29, 1.82) is 0 Å². The molecule has 0 spiro atoms. The summed E-state index contributed by atoms with van der Waals surface area (Å²) in [4.78, 5) is 10.1. The smallest absolute Gasteiger partial charge is 0.120 e. The van der Waals surface area contributed by atoms with E-state index < -0.39 is 0 Å². The summed E-state index contributed by atoms with van der Waals surface area (Å²) in [5.41, 5.74) is 0. The van der Waals surface area contributed by atoms with E-state index in [-0.39, 0.29) is 6.10 Å². The van der Waals surface area contributed by atoms with E-state index in [4.69, 9.17) is 0 Å². The Kier molecular flexibility index (Phi) is 3.57. The van der Waals surface area contributed by atoms with Crippen molar-refractivity contribution in [3.63, 3.8) is 0 Å². The van der Waals surface area contributed by atoms with Gasteiger partial charge in [0, 0.05) is 6.42 Å². The van der Waals surface area contributed by atoms with Crippen LogP contribution in [-0.2, 0) is 4.79 Å². The van der Waals surface area contributed by atoms with Crippen molar-refractivity contribution in [2.24, 2.45) is 5.92 Å². The van der Waals surface area contributed by atoms with Crippen LogP contribution in [0.1, 0.15) is 38.5 Å². The molecule has 2 atom stereocenters. The van der Waals surface area contributed by atoms with E-state index in [0.717, 1.165) is 32.0 Å². The molecule has 0 aromatic carbocycles. The average Bonchev–Trinajstić information content (AvgIpc) is 2.03. The number of carbonyl (C=O) groups is 1. The largest absolute Gasteiger partial charge is 0.393 e. The van der Waals surface area contributed by atoms with Gasteiger partial charge in [-0.05, 0) is 25.2 Å². The molecule has 0 saturated heterocycles. The second-order valence-electron chi connectivity index (χ2n) is 3.36. The predicted octanol–water partition coefficient (Wildman–Crippen LogP) is 1.52. The zero-order chi connectivity index (χ0) is 8.10. The lowest BCUT2D eigenvalue weighted by molar-refractivity contribution is -0.108. The van der Waals surface area contributed by atoms with Gasteiger partial charge in [-0.15, -0.1) is 0 Å². The number of carbonyl (C=O) groups excluding carboxylic acids is 1. The Morgan fingerprint density at radius 1 is 1.36 bits per heavy atom. The third kappa shape index (κ3) is 2.62. The average molecular weight is 156 g/mol. The lowest BCUT2D eigenvalue weighted by Gasteiger charge is -2.26. The van der Waals surface area contributed by atoms with Gasteiger partial charge in [-0.1, -0.05) is 12.8 Å². The first kappa shape index (κ1) is 8.72. The number of aliphatic hydroxyl groups excluding tert-OH is 1. The SMILES string of the molecule is O=CCCC1CCCCC1O. The van der Waals surface area contributed by atoms with Gasteiger partial charge in [-0.3, -0.25) is 0 Å². The summed E-state index contributed by atoms with van der Waals surface area (Å²) >= 11 is 0. The van der Waals surface area contributed by atoms with E-state index in [1.807, 2.05) is 0 Å². The van der Waals surface area contributed by atoms with E-state index in [1.54, 1.807) is 0 Å². The Labute approximate surface area is 67.6 Å². The van der Waals surface area contributed by atoms with Crippen LogP contribution in [0.25, 0.3) is 0 Å². The Morgan fingerprint density at radius 3 is 2.73 bits per heavy atom. The van der Waals surface area contributed by atoms with Crippen LogP contribution in [0.5, 0.6) is 0 Å². The molecule has 0 bridgehead atoms. The minimum atomic E-state index is -0.135. The number of hydrogen-bond acceptors (Lipinski definition) is 2. The normalized spacial score (nSPS) is 31.7. The Morgan fingerprint density at radius 2 is 2.09 bits per heavy atom. The summed E-state index contributed by atoms with van der Waals surface area (Å²) in [6.45, 7) is 0. The fourth-order valence-corrected chi connectivity index (χ4v) is 1.81. The third-order valence-electron chi connectivity index (χ3n) is 2.52. The van der Waals surface area contributed by atoms with Crippen LogP contribution in [0.2, 0.25) is 0 Å². The van der Waals surface area contributed by atoms with Crippen LogP contribution in [0.15, 0.2) is 0 Å². The number of aliphatic hydroxyl groups is 1. The summed E-state index contributed by atoms with van der Waals surface area (Å²) in [5, 5.41) is 9.48. The molecule has 1 N–H and O–H groups in total. The van der Waals surface area contributed by atoms with Gasteiger partial charge in [0.15, 0.2) is 0 Å². The van der Waals surface area contributed by atoms with Crippen molar-refractivity contribution < 1.29 is 9.90 Å². The first-order chi connectivity index (χ1) is 5.34. The fraction of sp³-hybridized carbons (Fsp3) is 0.889. The quantitative estimate of drug-likeness (QED) is 0.629. The Hall–Kier alpha value is -0.370. The van der Waals surface area contributed by atoms with Crippen LogP contribution < -0.4 is 0 Å². The maximum atomic E-state index is 10.1. The molecule has 0 heterocycles. The summed E-state index contributed by atoms with van der Waals surface area (Å²) in [6, 6.07) is 0. The highest BCUT2D eigenvalue weighted by Gasteiger charge is 2.21. The molecule has 11 heavy (non-hydrogen) atoms. The van der Waals surface area contributed by atoms with Gasteiger partial charge in [0.25, 0.3) is 0 Å². The maximum absolute atomic E-state index is 10.1. The molecule has 64 valence electrons. The molecular formula is C9H16O2. The van der Waals surface area contributed by atoms with Gasteiger partial charge in [0.1, 0.15) is 6.29 Å². The molecule has 0 aromatic rings. The van der Waals surface area contributed by atoms with E-state index in [1.165, 1.54) is 6.42 Å². The first-order valence-electron chi connectivity index (χ1n) is 4.46. The second-order valence-corrected chi connectivity index (χ2v) is 3.36. The molecule has 1 rings (SSSR count). The second kappa shape index (κ2) is 4.50. The van der Waals surface area contributed by atoms with E-state index in [2.05, 4.69) is 0 Å². The highest BCUT2D eigenvalue weighted by Crippen LogP contribution is 2.27. The van der Waals surface area contributed by atoms with Gasteiger partial charge in [-0.25, -0.2) is 0 Å². The third-order valence-corrected chi connectivity index (χ3v) is 2.52. The number of rotatable bonds is 3. The van der Waals surface area contributed by atoms with Gasteiger partial charge >= 0.3 is 0 Å². The van der Waals surface area contributed by atoms with Crippen molar-refractivity contribution in [3.05, 3.63) is 0 Å². The minimum Gasteiger partial charge on any atom is -0.393 e. The summed E-state index contributed by atoms with van der Waals surface area (Å²) in [6.07, 6.45) is 6.72. The van der Waals surface area contributed by atoms with Crippen molar-refractivity contribution in [2.45, 2.75) is 44.6 Å². The van der Waals surface area contributed by atoms with Crippen molar-refractivity contribution in [2.75, 3.05) is 0 Å². The standard InChI is InChI=1S/C9H16O2/c10-7-3-5-8-4-1-2-6-9(8)11/h7-9,11H,1-6H2. The molecule has 1 fully saturated rings. The van der Waals surface area contributed by atoms with E-state index in [0.29, 0.717) is 12.3 Å². The van der Waals surface area contributed by atoms with Crippen LogP contribution in [0.4, 0.5) is 0 Å². The topological polar surface area (TPSA) is 37.3 Å². The van der Waals surface area contributed by atoms with Crippen LogP contribution in [0, 0.1) is 5.92 Å². The van der Waals surface area contributed by atoms with E-state index >= 15 is 0 Å². The molecule has 1 saturated carbocycles. The predicted molar refractivity (Wildman–Crippen MR) is 43.3 cm³/mol. The molecular weight excluding hydrogens is 140 g/mol. The molecule has 0 radical (unpaired) electrons. The molecule has 0 aliphatic heterocycles. The molecule has 0 amide bonds. The molecule has 1 aliphatic rings. The monoisotopic (exact) mass is 156 g/mol. The summed E-state index contributed by atoms with van der Waals surface area (Å²) < 4.78 is 0. The van der Waals surface area contributed by atoms with Gasteiger partial charge in [0.2, 0.25) is 0 Å². The zero-order valence-electron chi connectivity index (χ0n) is 6.83. The highest BCUT2D eigenvalue weighted by molar-refractivity contribution is 5.49. The molecule has 2 unspecified atom stereocenters. The minimum absolute atomic E-state index is 0.135. The molecule has 0 aromatic heterocycles. The first-order valence-corrected chi connectivity index (χ1v) is 4.46. The fourth-order valence-electron chi connectivity index (χ4n) is 1.81. The van der Waals surface area contributed by atoms with Crippen molar-refractivity contribution in [1.82, 2.24) is 0 Å². The molecule has 2 nitrogen and oxygen atoms in total. The lowest BCUT2D eigenvalue weighted by Crippen LogP contribution is -2.24. The van der Waals surface area contributed by atoms with Crippen LogP contribution >= 0.6 is 0 Å². The van der Waals surface area contributed by atoms with Gasteiger partial charge in [-0.2, -0.15) is 0 Å². The maximum Gasteiger partial charge on any atom is 0.120 e. The highest BCUT2D eigenvalue weighted by atomic mass is 16.3. The van der Waals surface area contributed by atoms with Crippen LogP contribution in [-0.4, -0.2) is 17.5 Å². The zero-order valence-corrected chi connectivity index (χ0v) is 6.83. The van der Waals surface area contributed by atoms with Crippen molar-refractivity contribution in [3.8, 4) is 0 Å². The van der Waals surface area contributed by atoms with Gasteiger partial charge in [0.05, 0.1) is 6.10 Å².